The second kappa shape index (κ2) is 13.6. The first-order valence-electron chi connectivity index (χ1n) is 17.6. The zero-order chi connectivity index (χ0) is 36.6. The number of hydrogen-bond donors (Lipinski definition) is 0. The van der Waals surface area contributed by atoms with Crippen molar-refractivity contribution in [1.29, 1.82) is 0 Å². The Morgan fingerprint density at radius 1 is 0.519 bits per heavy atom. The van der Waals surface area contributed by atoms with Crippen LogP contribution in [0.15, 0.2) is 182 Å². The summed E-state index contributed by atoms with van der Waals surface area (Å²) in [6.45, 7) is 0.535. The quantitative estimate of drug-likeness (QED) is 0.165. The minimum absolute atomic E-state index is 0.218. The number of fused-ring (bicyclic) bond motifs is 3. The van der Waals surface area contributed by atoms with E-state index in [1.54, 1.807) is 24.3 Å². The second-order valence-electron chi connectivity index (χ2n) is 13.1. The molecule has 0 spiro atoms. The predicted molar refractivity (Wildman–Crippen MR) is 212 cm³/mol. The Labute approximate surface area is 311 Å². The van der Waals surface area contributed by atoms with Crippen LogP contribution in [0.4, 0.5) is 35.9 Å². The topological polar surface area (TPSA) is 28.6 Å². The van der Waals surface area contributed by atoms with Crippen LogP contribution in [-0.2, 0) is 6.18 Å². The Kier molecular flexibility index (Phi) is 8.31. The average molecular weight is 712 g/mol. The van der Waals surface area contributed by atoms with Crippen molar-refractivity contribution in [2.24, 2.45) is 0 Å². The van der Waals surface area contributed by atoms with Crippen molar-refractivity contribution in [3.63, 3.8) is 0 Å². The first kappa shape index (κ1) is 33.0. The molecule has 7 heteroatoms. The number of benzene rings is 7. The van der Waals surface area contributed by atoms with Crippen molar-refractivity contribution < 1.29 is 17.9 Å². The molecule has 54 heavy (non-hydrogen) atoms. The molecule has 1 aromatic heterocycles. The van der Waals surface area contributed by atoms with Crippen LogP contribution < -0.4 is 14.5 Å². The predicted octanol–water partition coefficient (Wildman–Crippen LogP) is 13.3. The third-order valence-corrected chi connectivity index (χ3v) is 9.78. The van der Waals surface area contributed by atoms with Gasteiger partial charge in [0.1, 0.15) is 18.2 Å². The largest absolute Gasteiger partial charge is 0.457 e. The number of hydrogen-bond acceptors (Lipinski definition) is 4. The molecule has 0 amide bonds. The molecule has 0 bridgehead atoms. The third-order valence-electron chi connectivity index (χ3n) is 9.78. The van der Waals surface area contributed by atoms with Gasteiger partial charge in [-0.05, 0) is 59.0 Å². The fraction of sp³-hybridized carbons (Fsp3) is 0.0426. The first-order chi connectivity index (χ1) is 26.4. The smallest absolute Gasteiger partial charge is 0.416 e. The summed E-state index contributed by atoms with van der Waals surface area (Å²) < 4.78 is 46.7. The van der Waals surface area contributed by atoms with Gasteiger partial charge in [-0.25, -0.2) is 0 Å². The Morgan fingerprint density at radius 3 is 1.87 bits per heavy atom. The number of alkyl halides is 3. The summed E-state index contributed by atoms with van der Waals surface area (Å²) in [7, 11) is 0. The minimum Gasteiger partial charge on any atom is -0.457 e. The molecule has 9 rings (SSSR count). The summed E-state index contributed by atoms with van der Waals surface area (Å²) in [5.74, 6) is 1.08. The summed E-state index contributed by atoms with van der Waals surface area (Å²) in [5, 5.41) is 2.29. The maximum atomic E-state index is 13.4. The second-order valence-corrected chi connectivity index (χ2v) is 13.1. The molecular weight excluding hydrogens is 680 g/mol. The molecule has 0 saturated heterocycles. The highest BCUT2D eigenvalue weighted by Gasteiger charge is 2.33. The molecule has 0 radical (unpaired) electrons. The van der Waals surface area contributed by atoms with Gasteiger partial charge in [-0.1, -0.05) is 127 Å². The summed E-state index contributed by atoms with van der Waals surface area (Å²) in [6, 6.07) is 57.3. The fourth-order valence-electron chi connectivity index (χ4n) is 7.31. The maximum Gasteiger partial charge on any atom is 0.416 e. The molecule has 7 aromatic carbocycles. The standard InChI is InChI=1S/C47H32F3N3O/c48-47(49,50)36-26-27-51-43(29-36)35-17-9-19-38(28-35)54-39-20-10-18-37(30-39)52-31-53(46-42-21-8-7-16-34(42)24-25-44(46)52)45-40(32-12-3-1-4-13-32)22-11-23-41(45)33-14-5-2-6-15-33/h1-30H,31H2. The lowest BCUT2D eigenvalue weighted by Gasteiger charge is -2.27. The average Bonchev–Trinajstić information content (AvgIpc) is 3.61. The van der Waals surface area contributed by atoms with E-state index in [2.05, 4.69) is 124 Å². The number of aromatic nitrogens is 1. The van der Waals surface area contributed by atoms with E-state index in [-0.39, 0.29) is 5.69 Å². The van der Waals surface area contributed by atoms with E-state index in [1.165, 1.54) is 6.20 Å². The van der Waals surface area contributed by atoms with E-state index in [1.807, 2.05) is 30.3 Å². The molecule has 0 unspecified atom stereocenters. The zero-order valence-electron chi connectivity index (χ0n) is 28.9. The lowest BCUT2D eigenvalue weighted by molar-refractivity contribution is -0.137. The van der Waals surface area contributed by atoms with Crippen molar-refractivity contribution in [3.8, 4) is 45.0 Å². The SMILES string of the molecule is FC(F)(F)c1ccnc(-c2cccc(Oc3cccc(N4CN(c5c(-c6ccccc6)cccc5-c5ccccc5)c5c4ccc4ccccc54)c3)c2)c1. The number of halogens is 3. The van der Waals surface area contributed by atoms with E-state index in [0.717, 1.165) is 67.9 Å². The van der Waals surface area contributed by atoms with Gasteiger partial charge in [-0.3, -0.25) is 4.98 Å². The van der Waals surface area contributed by atoms with Crippen molar-refractivity contribution in [1.82, 2.24) is 4.98 Å². The number of rotatable bonds is 7. The van der Waals surface area contributed by atoms with Crippen LogP contribution in [0.2, 0.25) is 0 Å². The van der Waals surface area contributed by atoms with Gasteiger partial charge in [0.05, 0.1) is 28.3 Å². The van der Waals surface area contributed by atoms with Crippen LogP contribution in [0.5, 0.6) is 11.5 Å². The fourth-order valence-corrected chi connectivity index (χ4v) is 7.31. The summed E-state index contributed by atoms with van der Waals surface area (Å²) in [5.41, 5.74) is 8.73. The van der Waals surface area contributed by atoms with Crippen molar-refractivity contribution >= 4 is 33.5 Å². The number of para-hydroxylation sites is 1. The zero-order valence-corrected chi connectivity index (χ0v) is 28.9. The lowest BCUT2D eigenvalue weighted by atomic mass is 9.94. The van der Waals surface area contributed by atoms with E-state index in [9.17, 15) is 13.2 Å². The molecule has 4 nitrogen and oxygen atoms in total. The normalized spacial score (nSPS) is 12.6. The summed E-state index contributed by atoms with van der Waals surface area (Å²) in [6.07, 6.45) is -3.29. The van der Waals surface area contributed by atoms with Gasteiger partial charge in [0.2, 0.25) is 0 Å². The molecule has 8 aromatic rings. The van der Waals surface area contributed by atoms with E-state index in [0.29, 0.717) is 23.7 Å². The molecule has 0 saturated carbocycles. The van der Waals surface area contributed by atoms with Gasteiger partial charge in [-0.15, -0.1) is 0 Å². The summed E-state index contributed by atoms with van der Waals surface area (Å²) >= 11 is 0. The van der Waals surface area contributed by atoms with Gasteiger partial charge in [0, 0.05) is 40.0 Å². The van der Waals surface area contributed by atoms with Crippen LogP contribution >= 0.6 is 0 Å². The van der Waals surface area contributed by atoms with Crippen molar-refractivity contribution in [2.45, 2.75) is 6.18 Å². The molecule has 0 N–H and O–H groups in total. The number of ether oxygens (including phenoxy) is 1. The minimum atomic E-state index is -4.46. The Hall–Kier alpha value is -6.86. The highest BCUT2D eigenvalue weighted by Crippen LogP contribution is 2.52. The van der Waals surface area contributed by atoms with E-state index >= 15 is 0 Å². The molecule has 2 heterocycles. The molecule has 1 aliphatic heterocycles. The number of anilines is 4. The van der Waals surface area contributed by atoms with Crippen LogP contribution in [0, 0.1) is 0 Å². The van der Waals surface area contributed by atoms with Crippen LogP contribution in [0.25, 0.3) is 44.3 Å². The van der Waals surface area contributed by atoms with Gasteiger partial charge < -0.3 is 14.5 Å². The van der Waals surface area contributed by atoms with Crippen molar-refractivity contribution in [3.05, 3.63) is 188 Å². The molecular formula is C47H32F3N3O. The third kappa shape index (κ3) is 6.20. The van der Waals surface area contributed by atoms with Crippen LogP contribution in [0.3, 0.4) is 0 Å². The molecule has 0 fully saturated rings. The van der Waals surface area contributed by atoms with Gasteiger partial charge >= 0.3 is 6.18 Å². The van der Waals surface area contributed by atoms with Crippen LogP contribution in [-0.4, -0.2) is 11.7 Å². The van der Waals surface area contributed by atoms with Gasteiger partial charge in [-0.2, -0.15) is 13.2 Å². The van der Waals surface area contributed by atoms with Gasteiger partial charge in [0.25, 0.3) is 0 Å². The molecule has 0 atom stereocenters. The monoisotopic (exact) mass is 711 g/mol. The first-order valence-corrected chi connectivity index (χ1v) is 17.6. The Morgan fingerprint density at radius 2 is 1.15 bits per heavy atom. The summed E-state index contributed by atoms with van der Waals surface area (Å²) in [4.78, 5) is 8.93. The van der Waals surface area contributed by atoms with Gasteiger partial charge in [0.15, 0.2) is 0 Å². The molecule has 262 valence electrons. The molecule has 0 aliphatic carbocycles. The maximum absolute atomic E-state index is 13.4. The van der Waals surface area contributed by atoms with E-state index in [4.69, 9.17) is 4.74 Å². The molecule has 1 aliphatic rings. The van der Waals surface area contributed by atoms with E-state index < -0.39 is 11.7 Å². The highest BCUT2D eigenvalue weighted by molar-refractivity contribution is 6.09. The lowest BCUT2D eigenvalue weighted by Crippen LogP contribution is -2.25. The Bertz CT molecular complexity index is 2570. The van der Waals surface area contributed by atoms with Crippen LogP contribution in [0.1, 0.15) is 5.56 Å². The number of pyridine rings is 1. The van der Waals surface area contributed by atoms with Crippen molar-refractivity contribution in [2.75, 3.05) is 16.5 Å². The Balaban J connectivity index is 1.13. The highest BCUT2D eigenvalue weighted by atomic mass is 19.4. The number of nitrogens with zero attached hydrogens (tertiary/aromatic N) is 3.